The third-order valence-electron chi connectivity index (χ3n) is 5.33. The molecule has 1 unspecified atom stereocenters. The van der Waals surface area contributed by atoms with Gasteiger partial charge in [-0.2, -0.15) is 0 Å². The number of hydrogen-bond donors (Lipinski definition) is 0. The molecule has 1 saturated heterocycles. The zero-order valence-corrected chi connectivity index (χ0v) is 17.5. The molecule has 30 heavy (non-hydrogen) atoms. The molecule has 1 fully saturated rings. The average molecular weight is 408 g/mol. The van der Waals surface area contributed by atoms with Crippen molar-refractivity contribution in [1.29, 1.82) is 0 Å². The van der Waals surface area contributed by atoms with Crippen LogP contribution in [-0.2, 0) is 16.0 Å². The van der Waals surface area contributed by atoms with Crippen LogP contribution >= 0.6 is 0 Å². The Labute approximate surface area is 177 Å². The van der Waals surface area contributed by atoms with Crippen LogP contribution in [0.25, 0.3) is 0 Å². The van der Waals surface area contributed by atoms with E-state index in [1.54, 1.807) is 48.3 Å². The molecule has 0 saturated carbocycles. The summed E-state index contributed by atoms with van der Waals surface area (Å²) in [6, 6.07) is 15.4. The van der Waals surface area contributed by atoms with E-state index in [-0.39, 0.29) is 18.2 Å². The fourth-order valence-electron chi connectivity index (χ4n) is 3.73. The van der Waals surface area contributed by atoms with Gasteiger partial charge in [-0.1, -0.05) is 36.4 Å². The molecular weight excluding hydrogens is 380 g/mol. The van der Waals surface area contributed by atoms with Crippen molar-refractivity contribution in [3.63, 3.8) is 0 Å². The van der Waals surface area contributed by atoms with Crippen LogP contribution in [0.4, 0.5) is 5.69 Å². The smallest absolute Gasteiger partial charge is 0.228 e. The summed E-state index contributed by atoms with van der Waals surface area (Å²) in [5, 5.41) is 0. The Balaban J connectivity index is 1.73. The van der Waals surface area contributed by atoms with Crippen LogP contribution in [0.3, 0.4) is 0 Å². The number of carbonyl (C=O) groups is 2. The standard InChI is InChI=1S/C24H28N2O4/c1-4-13-25(14-12-18-8-6-5-7-9-18)24(28)19-15-23(27)26(17-19)21-16-20(29-2)10-11-22(21)30-3/h4-11,16,19H,1,12-15,17H2,2-3H3. The molecule has 0 aliphatic carbocycles. The lowest BCUT2D eigenvalue weighted by Gasteiger charge is -2.25. The summed E-state index contributed by atoms with van der Waals surface area (Å²) < 4.78 is 10.7. The van der Waals surface area contributed by atoms with Gasteiger partial charge in [0.1, 0.15) is 11.5 Å². The molecular formula is C24H28N2O4. The van der Waals surface area contributed by atoms with E-state index in [1.807, 2.05) is 30.3 Å². The molecule has 0 bridgehead atoms. The van der Waals surface area contributed by atoms with Gasteiger partial charge >= 0.3 is 0 Å². The third-order valence-corrected chi connectivity index (χ3v) is 5.33. The molecule has 0 radical (unpaired) electrons. The molecule has 1 aliphatic heterocycles. The van der Waals surface area contributed by atoms with Gasteiger partial charge in [-0.15, -0.1) is 6.58 Å². The lowest BCUT2D eigenvalue weighted by atomic mass is 10.1. The third kappa shape index (κ3) is 4.82. The zero-order chi connectivity index (χ0) is 21.5. The van der Waals surface area contributed by atoms with Crippen molar-refractivity contribution >= 4 is 17.5 Å². The van der Waals surface area contributed by atoms with Crippen molar-refractivity contribution in [2.24, 2.45) is 5.92 Å². The molecule has 6 heteroatoms. The number of methoxy groups -OCH3 is 2. The highest BCUT2D eigenvalue weighted by molar-refractivity contribution is 6.01. The van der Waals surface area contributed by atoms with Gasteiger partial charge in [0.15, 0.2) is 0 Å². The minimum Gasteiger partial charge on any atom is -0.497 e. The van der Waals surface area contributed by atoms with Gasteiger partial charge in [-0.05, 0) is 24.1 Å². The highest BCUT2D eigenvalue weighted by atomic mass is 16.5. The second-order valence-electron chi connectivity index (χ2n) is 7.25. The summed E-state index contributed by atoms with van der Waals surface area (Å²) in [7, 11) is 3.13. The van der Waals surface area contributed by atoms with Crippen LogP contribution in [0, 0.1) is 5.92 Å². The first-order valence-corrected chi connectivity index (χ1v) is 10.0. The molecule has 1 atom stereocenters. The van der Waals surface area contributed by atoms with E-state index in [1.165, 1.54) is 5.56 Å². The largest absolute Gasteiger partial charge is 0.497 e. The first-order chi connectivity index (χ1) is 14.6. The second-order valence-corrected chi connectivity index (χ2v) is 7.25. The first-order valence-electron chi connectivity index (χ1n) is 10.0. The van der Waals surface area contributed by atoms with Crippen molar-refractivity contribution in [2.45, 2.75) is 12.8 Å². The predicted octanol–water partition coefficient (Wildman–Crippen LogP) is 3.31. The Morgan fingerprint density at radius 3 is 2.63 bits per heavy atom. The quantitative estimate of drug-likeness (QED) is 0.598. The number of carbonyl (C=O) groups excluding carboxylic acids is 2. The number of benzene rings is 2. The molecule has 2 amide bonds. The summed E-state index contributed by atoms with van der Waals surface area (Å²) in [6.45, 7) is 5.14. The molecule has 0 spiro atoms. The van der Waals surface area contributed by atoms with E-state index in [9.17, 15) is 9.59 Å². The maximum absolute atomic E-state index is 13.2. The van der Waals surface area contributed by atoms with Gasteiger partial charge in [-0.3, -0.25) is 9.59 Å². The van der Waals surface area contributed by atoms with Gasteiger partial charge in [0.25, 0.3) is 0 Å². The minimum atomic E-state index is -0.399. The summed E-state index contributed by atoms with van der Waals surface area (Å²) in [5.41, 5.74) is 1.79. The lowest BCUT2D eigenvalue weighted by Crippen LogP contribution is -2.39. The molecule has 2 aromatic carbocycles. The lowest BCUT2D eigenvalue weighted by molar-refractivity contribution is -0.135. The summed E-state index contributed by atoms with van der Waals surface area (Å²) in [5.74, 6) is 0.683. The zero-order valence-electron chi connectivity index (χ0n) is 17.5. The fourth-order valence-corrected chi connectivity index (χ4v) is 3.73. The monoisotopic (exact) mass is 408 g/mol. The van der Waals surface area contributed by atoms with Crippen molar-refractivity contribution in [3.8, 4) is 11.5 Å². The van der Waals surface area contributed by atoms with Crippen LogP contribution in [-0.4, -0.2) is 50.6 Å². The van der Waals surface area contributed by atoms with Gasteiger partial charge in [0.2, 0.25) is 11.8 Å². The van der Waals surface area contributed by atoms with Crippen LogP contribution in [0.5, 0.6) is 11.5 Å². The number of nitrogens with zero attached hydrogens (tertiary/aromatic N) is 2. The summed E-state index contributed by atoms with van der Waals surface area (Å²) in [6.07, 6.45) is 2.66. The maximum atomic E-state index is 13.2. The molecule has 3 rings (SSSR count). The topological polar surface area (TPSA) is 59.1 Å². The van der Waals surface area contributed by atoms with E-state index >= 15 is 0 Å². The highest BCUT2D eigenvalue weighted by Gasteiger charge is 2.38. The molecule has 158 valence electrons. The highest BCUT2D eigenvalue weighted by Crippen LogP contribution is 2.36. The van der Waals surface area contributed by atoms with Gasteiger partial charge in [0.05, 0.1) is 25.8 Å². The van der Waals surface area contributed by atoms with Crippen LogP contribution in [0.2, 0.25) is 0 Å². The first kappa shape index (κ1) is 21.4. The number of ether oxygens (including phenoxy) is 2. The molecule has 1 aliphatic rings. The van der Waals surface area contributed by atoms with E-state index in [4.69, 9.17) is 9.47 Å². The van der Waals surface area contributed by atoms with Gasteiger partial charge in [0, 0.05) is 32.1 Å². The average Bonchev–Trinajstić information content (AvgIpc) is 3.17. The number of anilines is 1. The normalized spacial score (nSPS) is 15.7. The van der Waals surface area contributed by atoms with Crippen molar-refractivity contribution in [1.82, 2.24) is 4.90 Å². The fraction of sp³-hybridized carbons (Fsp3) is 0.333. The number of amides is 2. The van der Waals surface area contributed by atoms with Crippen molar-refractivity contribution < 1.29 is 19.1 Å². The molecule has 6 nitrogen and oxygen atoms in total. The van der Waals surface area contributed by atoms with Crippen LogP contribution in [0.1, 0.15) is 12.0 Å². The Bertz CT molecular complexity index is 897. The minimum absolute atomic E-state index is 0.0245. The van der Waals surface area contributed by atoms with E-state index in [0.29, 0.717) is 36.8 Å². The second kappa shape index (κ2) is 9.96. The van der Waals surface area contributed by atoms with E-state index in [2.05, 4.69) is 6.58 Å². The Hall–Kier alpha value is -3.28. The van der Waals surface area contributed by atoms with Crippen LogP contribution < -0.4 is 14.4 Å². The van der Waals surface area contributed by atoms with Gasteiger partial charge < -0.3 is 19.3 Å². The SMILES string of the molecule is C=CCN(CCc1ccccc1)C(=O)C1CC(=O)N(c2cc(OC)ccc2OC)C1. The Kier molecular flexibility index (Phi) is 7.12. The summed E-state index contributed by atoms with van der Waals surface area (Å²) in [4.78, 5) is 29.4. The van der Waals surface area contributed by atoms with Crippen LogP contribution in [0.15, 0.2) is 61.2 Å². The molecule has 1 heterocycles. The van der Waals surface area contributed by atoms with Crippen molar-refractivity contribution in [2.75, 3.05) is 38.8 Å². The van der Waals surface area contributed by atoms with Crippen molar-refractivity contribution in [3.05, 3.63) is 66.7 Å². The Morgan fingerprint density at radius 1 is 1.20 bits per heavy atom. The number of hydrogen-bond acceptors (Lipinski definition) is 4. The van der Waals surface area contributed by atoms with E-state index < -0.39 is 5.92 Å². The maximum Gasteiger partial charge on any atom is 0.228 e. The predicted molar refractivity (Wildman–Crippen MR) is 117 cm³/mol. The summed E-state index contributed by atoms with van der Waals surface area (Å²) >= 11 is 0. The van der Waals surface area contributed by atoms with Gasteiger partial charge in [-0.25, -0.2) is 0 Å². The Morgan fingerprint density at radius 2 is 1.97 bits per heavy atom. The van der Waals surface area contributed by atoms with E-state index in [0.717, 1.165) is 6.42 Å². The molecule has 2 aromatic rings. The molecule has 0 N–H and O–H groups in total. The number of rotatable bonds is 9. The molecule has 0 aromatic heterocycles.